The molecule has 1 rings (SSSR count). The molecule has 0 aliphatic heterocycles. The van der Waals surface area contributed by atoms with E-state index in [0.717, 1.165) is 16.7 Å². The third-order valence-corrected chi connectivity index (χ3v) is 3.91. The Morgan fingerprint density at radius 1 is 0.591 bits per heavy atom. The lowest BCUT2D eigenvalue weighted by Crippen LogP contribution is -2.32. The Bertz CT molecular complexity index is 509. The second-order valence-electron chi connectivity index (χ2n) is 8.87. The van der Waals surface area contributed by atoms with Crippen LogP contribution in [0.25, 0.3) is 0 Å². The molecule has 22 heavy (non-hydrogen) atoms. The highest BCUT2D eigenvalue weighted by molar-refractivity contribution is 5.49. The standard InChI is InChI=1S/C19H32O3/c1-16(2,3)15-13(18(6,7)21)10-12(17(4,5)20)11-14(15)19(8,9)22/h10-11,20-22H,1-9H3. The first kappa shape index (κ1) is 19.1. The zero-order chi connectivity index (χ0) is 17.7. The summed E-state index contributed by atoms with van der Waals surface area (Å²) in [6.07, 6.45) is 0. The summed E-state index contributed by atoms with van der Waals surface area (Å²) in [5.74, 6) is 0. The van der Waals surface area contributed by atoms with Crippen molar-refractivity contribution in [2.75, 3.05) is 0 Å². The molecule has 0 fully saturated rings. The van der Waals surface area contributed by atoms with Crippen LogP contribution in [0.4, 0.5) is 0 Å². The van der Waals surface area contributed by atoms with Crippen LogP contribution in [0, 0.1) is 0 Å². The first-order valence-electron chi connectivity index (χ1n) is 7.83. The maximum absolute atomic E-state index is 10.7. The van der Waals surface area contributed by atoms with Crippen LogP contribution in [0.15, 0.2) is 12.1 Å². The van der Waals surface area contributed by atoms with Gasteiger partial charge >= 0.3 is 0 Å². The average molecular weight is 308 g/mol. The summed E-state index contributed by atoms with van der Waals surface area (Å²) in [4.78, 5) is 0. The van der Waals surface area contributed by atoms with E-state index in [1.807, 2.05) is 12.1 Å². The number of hydrogen-bond donors (Lipinski definition) is 3. The van der Waals surface area contributed by atoms with Gasteiger partial charge in [-0.1, -0.05) is 20.8 Å². The average Bonchev–Trinajstić information content (AvgIpc) is 2.22. The Kier molecular flexibility index (Phi) is 4.64. The SMILES string of the molecule is CC(C)(C)c1c(C(C)(C)O)cc(C(C)(C)O)cc1C(C)(C)O. The van der Waals surface area contributed by atoms with Crippen molar-refractivity contribution >= 4 is 0 Å². The van der Waals surface area contributed by atoms with E-state index in [-0.39, 0.29) is 5.41 Å². The molecule has 3 N–H and O–H groups in total. The van der Waals surface area contributed by atoms with Crippen LogP contribution in [0.5, 0.6) is 0 Å². The Balaban J connectivity index is 3.96. The monoisotopic (exact) mass is 308 g/mol. The maximum atomic E-state index is 10.7. The molecule has 1 aromatic rings. The lowest BCUT2D eigenvalue weighted by molar-refractivity contribution is 0.0620. The van der Waals surface area contributed by atoms with E-state index >= 15 is 0 Å². The number of aliphatic hydroxyl groups is 3. The normalized spacial score (nSPS) is 14.4. The second-order valence-corrected chi connectivity index (χ2v) is 8.87. The fraction of sp³-hybridized carbons (Fsp3) is 0.684. The predicted molar refractivity (Wildman–Crippen MR) is 90.9 cm³/mol. The Labute approximate surface area is 135 Å². The molecule has 0 unspecified atom stereocenters. The third kappa shape index (κ3) is 4.09. The predicted octanol–water partition coefficient (Wildman–Crippen LogP) is 3.67. The van der Waals surface area contributed by atoms with Gasteiger partial charge in [0, 0.05) is 0 Å². The summed E-state index contributed by atoms with van der Waals surface area (Å²) in [6, 6.07) is 3.71. The molecule has 3 nitrogen and oxygen atoms in total. The zero-order valence-corrected chi connectivity index (χ0v) is 15.5. The van der Waals surface area contributed by atoms with E-state index < -0.39 is 16.8 Å². The zero-order valence-electron chi connectivity index (χ0n) is 15.5. The molecular weight excluding hydrogens is 276 g/mol. The summed E-state index contributed by atoms with van der Waals surface area (Å²) in [5.41, 5.74) is -0.309. The fourth-order valence-corrected chi connectivity index (χ4v) is 2.77. The number of rotatable bonds is 3. The van der Waals surface area contributed by atoms with Crippen molar-refractivity contribution in [3.63, 3.8) is 0 Å². The molecule has 0 aliphatic carbocycles. The molecule has 0 amide bonds. The lowest BCUT2D eigenvalue weighted by atomic mass is 9.72. The second kappa shape index (κ2) is 5.33. The van der Waals surface area contributed by atoms with Gasteiger partial charge in [0.1, 0.15) is 0 Å². The van der Waals surface area contributed by atoms with Crippen LogP contribution in [0.1, 0.15) is 84.6 Å². The highest BCUT2D eigenvalue weighted by atomic mass is 16.3. The van der Waals surface area contributed by atoms with Crippen molar-refractivity contribution < 1.29 is 15.3 Å². The van der Waals surface area contributed by atoms with Crippen molar-refractivity contribution in [1.29, 1.82) is 0 Å². The van der Waals surface area contributed by atoms with Crippen LogP contribution >= 0.6 is 0 Å². The number of hydrogen-bond acceptors (Lipinski definition) is 3. The largest absolute Gasteiger partial charge is 0.386 e. The summed E-state index contributed by atoms with van der Waals surface area (Å²) in [5, 5.41) is 31.7. The van der Waals surface area contributed by atoms with Gasteiger partial charge in [-0.3, -0.25) is 0 Å². The van der Waals surface area contributed by atoms with Crippen LogP contribution in [0.3, 0.4) is 0 Å². The molecule has 126 valence electrons. The van der Waals surface area contributed by atoms with E-state index in [4.69, 9.17) is 0 Å². The molecule has 0 aliphatic rings. The molecule has 0 spiro atoms. The maximum Gasteiger partial charge on any atom is 0.0843 e. The van der Waals surface area contributed by atoms with E-state index in [1.54, 1.807) is 41.5 Å². The van der Waals surface area contributed by atoms with Gasteiger partial charge in [-0.15, -0.1) is 0 Å². The molecule has 0 aromatic heterocycles. The van der Waals surface area contributed by atoms with Gasteiger partial charge < -0.3 is 15.3 Å². The lowest BCUT2D eigenvalue weighted by Gasteiger charge is -2.37. The number of benzene rings is 1. The van der Waals surface area contributed by atoms with Gasteiger partial charge in [-0.2, -0.15) is 0 Å². The van der Waals surface area contributed by atoms with Crippen LogP contribution < -0.4 is 0 Å². The van der Waals surface area contributed by atoms with Gasteiger partial charge in [0.05, 0.1) is 16.8 Å². The van der Waals surface area contributed by atoms with Crippen molar-refractivity contribution in [3.05, 3.63) is 34.4 Å². The highest BCUT2D eigenvalue weighted by Crippen LogP contribution is 2.41. The molecule has 0 atom stereocenters. The van der Waals surface area contributed by atoms with E-state index in [0.29, 0.717) is 5.56 Å². The van der Waals surface area contributed by atoms with Gasteiger partial charge in [-0.25, -0.2) is 0 Å². The molecule has 0 saturated heterocycles. The first-order chi connectivity index (χ1) is 9.45. The Morgan fingerprint density at radius 3 is 1.09 bits per heavy atom. The van der Waals surface area contributed by atoms with E-state index in [2.05, 4.69) is 20.8 Å². The third-order valence-electron chi connectivity index (χ3n) is 3.91. The van der Waals surface area contributed by atoms with Crippen LogP contribution in [0.2, 0.25) is 0 Å². The molecule has 0 bridgehead atoms. The summed E-state index contributed by atoms with van der Waals surface area (Å²) in [7, 11) is 0. The van der Waals surface area contributed by atoms with Gasteiger partial charge in [0.25, 0.3) is 0 Å². The molecule has 0 radical (unpaired) electrons. The molecule has 0 heterocycles. The van der Waals surface area contributed by atoms with Crippen molar-refractivity contribution in [2.24, 2.45) is 0 Å². The van der Waals surface area contributed by atoms with E-state index in [1.165, 1.54) is 0 Å². The minimum absolute atomic E-state index is 0.247. The van der Waals surface area contributed by atoms with Crippen molar-refractivity contribution in [1.82, 2.24) is 0 Å². The molecular formula is C19H32O3. The Hall–Kier alpha value is -0.900. The molecule has 0 saturated carbocycles. The van der Waals surface area contributed by atoms with Crippen LogP contribution in [-0.4, -0.2) is 15.3 Å². The van der Waals surface area contributed by atoms with E-state index in [9.17, 15) is 15.3 Å². The van der Waals surface area contributed by atoms with Crippen LogP contribution in [-0.2, 0) is 22.2 Å². The summed E-state index contributed by atoms with van der Waals surface area (Å²) < 4.78 is 0. The highest BCUT2D eigenvalue weighted by Gasteiger charge is 2.35. The first-order valence-corrected chi connectivity index (χ1v) is 7.83. The van der Waals surface area contributed by atoms with Crippen molar-refractivity contribution in [2.45, 2.75) is 84.5 Å². The Morgan fingerprint density at radius 2 is 0.909 bits per heavy atom. The summed E-state index contributed by atoms with van der Waals surface area (Å²) in [6.45, 7) is 16.6. The topological polar surface area (TPSA) is 60.7 Å². The van der Waals surface area contributed by atoms with Gasteiger partial charge in [0.15, 0.2) is 0 Å². The molecule has 3 heteroatoms. The van der Waals surface area contributed by atoms with Gasteiger partial charge in [0.2, 0.25) is 0 Å². The summed E-state index contributed by atoms with van der Waals surface area (Å²) >= 11 is 0. The minimum Gasteiger partial charge on any atom is -0.386 e. The van der Waals surface area contributed by atoms with Gasteiger partial charge in [-0.05, 0) is 81.3 Å². The molecule has 1 aromatic carbocycles. The smallest absolute Gasteiger partial charge is 0.0843 e. The minimum atomic E-state index is -1.07. The quantitative estimate of drug-likeness (QED) is 0.798. The fourth-order valence-electron chi connectivity index (χ4n) is 2.77. The van der Waals surface area contributed by atoms with Crippen molar-refractivity contribution in [3.8, 4) is 0 Å².